The van der Waals surface area contributed by atoms with Crippen molar-refractivity contribution in [3.05, 3.63) is 35.9 Å². The summed E-state index contributed by atoms with van der Waals surface area (Å²) in [7, 11) is 1.42. The highest BCUT2D eigenvalue weighted by atomic mass is 16.5. The van der Waals surface area contributed by atoms with E-state index in [1.165, 1.54) is 12.7 Å². The van der Waals surface area contributed by atoms with Crippen LogP contribution in [0.3, 0.4) is 0 Å². The fourth-order valence-electron chi connectivity index (χ4n) is 4.29. The lowest BCUT2D eigenvalue weighted by atomic mass is 9.92. The van der Waals surface area contributed by atoms with Gasteiger partial charge in [0.15, 0.2) is 0 Å². The highest BCUT2D eigenvalue weighted by Gasteiger charge is 2.30. The van der Waals surface area contributed by atoms with Crippen LogP contribution in [0.15, 0.2) is 30.3 Å². The van der Waals surface area contributed by atoms with E-state index >= 15 is 0 Å². The number of amides is 1. The molecule has 0 unspecified atom stereocenters. The second kappa shape index (κ2) is 13.4. The summed E-state index contributed by atoms with van der Waals surface area (Å²) >= 11 is 0. The molecule has 0 aromatic heterocycles. The first-order valence-electron chi connectivity index (χ1n) is 11.6. The Morgan fingerprint density at radius 1 is 1.17 bits per heavy atom. The van der Waals surface area contributed by atoms with E-state index in [9.17, 15) is 14.7 Å². The topological polar surface area (TPSA) is 66.8 Å². The van der Waals surface area contributed by atoms with Gasteiger partial charge in [-0.3, -0.25) is 9.59 Å². The van der Waals surface area contributed by atoms with Crippen LogP contribution in [-0.4, -0.2) is 47.7 Å². The zero-order chi connectivity index (χ0) is 21.8. The van der Waals surface area contributed by atoms with E-state index in [0.29, 0.717) is 12.8 Å². The molecule has 1 fully saturated rings. The number of ether oxygens (including phenoxy) is 1. The molecule has 30 heavy (non-hydrogen) atoms. The summed E-state index contributed by atoms with van der Waals surface area (Å²) in [5.41, 5.74) is 1.32. The maximum absolute atomic E-state index is 12.3. The van der Waals surface area contributed by atoms with Crippen LogP contribution in [0, 0.1) is 5.92 Å². The first-order valence-corrected chi connectivity index (χ1v) is 11.6. The van der Waals surface area contributed by atoms with Crippen molar-refractivity contribution in [1.82, 2.24) is 4.90 Å². The normalized spacial score (nSPS) is 18.4. The summed E-state index contributed by atoms with van der Waals surface area (Å²) in [5.74, 6) is 0.355. The number of aryl methyl sites for hydroxylation is 1. The number of aliphatic hydroxyl groups is 1. The number of carbonyl (C=O) groups is 2. The zero-order valence-electron chi connectivity index (χ0n) is 18.7. The van der Waals surface area contributed by atoms with Gasteiger partial charge in [-0.15, -0.1) is 0 Å². The number of hydrogen-bond donors (Lipinski definition) is 1. The molecule has 1 heterocycles. The van der Waals surface area contributed by atoms with E-state index in [4.69, 9.17) is 0 Å². The second-order valence-electron chi connectivity index (χ2n) is 8.67. The Kier molecular flexibility index (Phi) is 10.9. The van der Waals surface area contributed by atoms with Crippen molar-refractivity contribution in [2.45, 2.75) is 89.7 Å². The molecule has 5 nitrogen and oxygen atoms in total. The van der Waals surface area contributed by atoms with E-state index in [1.807, 2.05) is 11.0 Å². The van der Waals surface area contributed by atoms with Gasteiger partial charge in [0, 0.05) is 25.4 Å². The van der Waals surface area contributed by atoms with Gasteiger partial charge >= 0.3 is 5.97 Å². The number of unbranched alkanes of at least 4 members (excludes halogenated alkanes) is 3. The van der Waals surface area contributed by atoms with Crippen LogP contribution in [0.25, 0.3) is 0 Å². The monoisotopic (exact) mass is 417 g/mol. The molecule has 168 valence electrons. The van der Waals surface area contributed by atoms with Crippen LogP contribution >= 0.6 is 0 Å². The van der Waals surface area contributed by atoms with E-state index in [2.05, 4.69) is 35.9 Å². The Labute approximate surface area is 181 Å². The molecule has 1 aromatic carbocycles. The van der Waals surface area contributed by atoms with Gasteiger partial charge in [-0.25, -0.2) is 0 Å². The van der Waals surface area contributed by atoms with Gasteiger partial charge in [0.05, 0.1) is 13.2 Å². The van der Waals surface area contributed by atoms with Crippen molar-refractivity contribution in [2.75, 3.05) is 13.7 Å². The molecule has 1 aliphatic rings. The van der Waals surface area contributed by atoms with E-state index in [-0.39, 0.29) is 29.9 Å². The Morgan fingerprint density at radius 3 is 2.63 bits per heavy atom. The molecular formula is C25H39NO4. The molecule has 1 amide bonds. The Hall–Kier alpha value is -1.88. The third-order valence-corrected chi connectivity index (χ3v) is 6.39. The Morgan fingerprint density at radius 2 is 1.90 bits per heavy atom. The number of likely N-dealkylation sites (tertiary alicyclic amines) is 1. The van der Waals surface area contributed by atoms with Gasteiger partial charge in [0.2, 0.25) is 5.91 Å². The molecule has 2 rings (SSSR count). The van der Waals surface area contributed by atoms with Crippen LogP contribution in [0.5, 0.6) is 0 Å². The Balaban J connectivity index is 1.65. The quantitative estimate of drug-likeness (QED) is 0.357. The standard InChI is InChI=1S/C25H39NO4/c1-20(13-14-21-10-6-5-7-11-21)23(27)17-15-22-16-18-24(28)26(22)19-9-4-3-8-12-25(29)30-2/h5-7,10-11,20,22-23,27H,3-4,8-9,12-19H2,1-2H3/t20-,22-,23+/m0/s1. The predicted molar refractivity (Wildman–Crippen MR) is 119 cm³/mol. The number of rotatable bonds is 14. The summed E-state index contributed by atoms with van der Waals surface area (Å²) in [6.45, 7) is 2.92. The summed E-state index contributed by atoms with van der Waals surface area (Å²) in [6.07, 6.45) is 9.12. The van der Waals surface area contributed by atoms with E-state index in [0.717, 1.165) is 64.3 Å². The van der Waals surface area contributed by atoms with Gasteiger partial charge < -0.3 is 14.7 Å². The fourth-order valence-corrected chi connectivity index (χ4v) is 4.29. The average molecular weight is 418 g/mol. The summed E-state index contributed by atoms with van der Waals surface area (Å²) in [6, 6.07) is 10.7. The van der Waals surface area contributed by atoms with Crippen LogP contribution in [0.4, 0.5) is 0 Å². The van der Waals surface area contributed by atoms with Gasteiger partial charge in [-0.1, -0.05) is 50.1 Å². The van der Waals surface area contributed by atoms with Crippen LogP contribution in [-0.2, 0) is 20.7 Å². The van der Waals surface area contributed by atoms with Gasteiger partial charge in [-0.05, 0) is 56.4 Å². The Bertz CT molecular complexity index is 633. The third kappa shape index (κ3) is 8.47. The number of esters is 1. The number of aliphatic hydroxyl groups excluding tert-OH is 1. The maximum Gasteiger partial charge on any atom is 0.305 e. The van der Waals surface area contributed by atoms with Crippen molar-refractivity contribution in [3.63, 3.8) is 0 Å². The van der Waals surface area contributed by atoms with Crippen LogP contribution in [0.2, 0.25) is 0 Å². The van der Waals surface area contributed by atoms with Gasteiger partial charge in [0.25, 0.3) is 0 Å². The minimum Gasteiger partial charge on any atom is -0.469 e. The molecule has 1 aliphatic heterocycles. The highest BCUT2D eigenvalue weighted by Crippen LogP contribution is 2.26. The molecule has 0 radical (unpaired) electrons. The van der Waals surface area contributed by atoms with Crippen molar-refractivity contribution < 1.29 is 19.4 Å². The maximum atomic E-state index is 12.3. The lowest BCUT2D eigenvalue weighted by Gasteiger charge is -2.27. The molecule has 1 aromatic rings. The summed E-state index contributed by atoms with van der Waals surface area (Å²) in [4.78, 5) is 25.4. The predicted octanol–water partition coefficient (Wildman–Crippen LogP) is 4.51. The molecule has 1 saturated heterocycles. The first-order chi connectivity index (χ1) is 14.5. The van der Waals surface area contributed by atoms with E-state index in [1.54, 1.807) is 0 Å². The molecule has 0 bridgehead atoms. The molecular weight excluding hydrogens is 378 g/mol. The first kappa shape index (κ1) is 24.4. The van der Waals surface area contributed by atoms with Gasteiger partial charge in [-0.2, -0.15) is 0 Å². The van der Waals surface area contributed by atoms with Crippen molar-refractivity contribution >= 4 is 11.9 Å². The molecule has 0 spiro atoms. The zero-order valence-corrected chi connectivity index (χ0v) is 18.7. The van der Waals surface area contributed by atoms with Crippen LogP contribution in [0.1, 0.15) is 76.7 Å². The van der Waals surface area contributed by atoms with Crippen molar-refractivity contribution in [2.24, 2.45) is 5.92 Å². The smallest absolute Gasteiger partial charge is 0.305 e. The minimum atomic E-state index is -0.315. The molecule has 0 saturated carbocycles. The largest absolute Gasteiger partial charge is 0.469 e. The SMILES string of the molecule is COC(=O)CCCCCCN1C(=O)CC[C@@H]1CC[C@@H](O)[C@@H](C)CCc1ccccc1. The number of methoxy groups -OCH3 is 1. The van der Waals surface area contributed by atoms with Crippen LogP contribution < -0.4 is 0 Å². The fraction of sp³-hybridized carbons (Fsp3) is 0.680. The van der Waals surface area contributed by atoms with Gasteiger partial charge in [0.1, 0.15) is 0 Å². The number of hydrogen-bond acceptors (Lipinski definition) is 4. The molecule has 0 aliphatic carbocycles. The average Bonchev–Trinajstić information content (AvgIpc) is 3.12. The number of benzene rings is 1. The molecule has 3 atom stereocenters. The number of carbonyl (C=O) groups excluding carboxylic acids is 2. The third-order valence-electron chi connectivity index (χ3n) is 6.39. The molecule has 5 heteroatoms. The van der Waals surface area contributed by atoms with Crippen molar-refractivity contribution in [3.8, 4) is 0 Å². The minimum absolute atomic E-state index is 0.152. The number of nitrogens with zero attached hydrogens (tertiary/aromatic N) is 1. The molecule has 1 N–H and O–H groups in total. The lowest BCUT2D eigenvalue weighted by Crippen LogP contribution is -2.35. The van der Waals surface area contributed by atoms with Crippen molar-refractivity contribution in [1.29, 1.82) is 0 Å². The lowest BCUT2D eigenvalue weighted by molar-refractivity contribution is -0.140. The highest BCUT2D eigenvalue weighted by molar-refractivity contribution is 5.78. The summed E-state index contributed by atoms with van der Waals surface area (Å²) in [5, 5.41) is 10.6. The van der Waals surface area contributed by atoms with E-state index < -0.39 is 0 Å². The summed E-state index contributed by atoms with van der Waals surface area (Å²) < 4.78 is 4.65. The second-order valence-corrected chi connectivity index (χ2v) is 8.67.